The molecule has 4 heterocycles. The van der Waals surface area contributed by atoms with E-state index in [0.717, 1.165) is 12.8 Å². The molecule has 0 spiro atoms. The standard InChI is InChI=1S/C24H22F4N6/c25-18-9-14-3-5-19(30-20(14)10-17(18)13-1-2-13)23-32-31-21-6-4-15(11-34(21)23)22(24(26,27)28)33-8-7-16(29)12-33/h3-6,9-11,13,16,22H,1-2,7-8,12,29H2/t16?,22-/m1/s1. The number of hydrogen-bond donors (Lipinski definition) is 1. The molecule has 6 nitrogen and oxygen atoms in total. The summed E-state index contributed by atoms with van der Waals surface area (Å²) in [4.78, 5) is 6.02. The third-order valence-electron chi connectivity index (χ3n) is 6.73. The molecular weight excluding hydrogens is 448 g/mol. The molecular formula is C24H22F4N6. The zero-order valence-corrected chi connectivity index (χ0v) is 18.1. The van der Waals surface area contributed by atoms with Crippen molar-refractivity contribution in [3.8, 4) is 11.5 Å². The smallest absolute Gasteiger partial charge is 0.326 e. The van der Waals surface area contributed by atoms with Crippen LogP contribution in [-0.2, 0) is 0 Å². The van der Waals surface area contributed by atoms with Gasteiger partial charge in [-0.2, -0.15) is 13.2 Å². The van der Waals surface area contributed by atoms with Crippen LogP contribution in [0.5, 0.6) is 0 Å². The highest BCUT2D eigenvalue weighted by Crippen LogP contribution is 2.42. The largest absolute Gasteiger partial charge is 0.408 e. The molecule has 4 aromatic rings. The second kappa shape index (κ2) is 7.71. The van der Waals surface area contributed by atoms with Crippen LogP contribution in [0.1, 0.15) is 42.3 Å². The van der Waals surface area contributed by atoms with Crippen molar-refractivity contribution < 1.29 is 17.6 Å². The minimum atomic E-state index is -4.46. The van der Waals surface area contributed by atoms with Crippen molar-refractivity contribution in [1.29, 1.82) is 0 Å². The Morgan fingerprint density at radius 1 is 1.03 bits per heavy atom. The summed E-state index contributed by atoms with van der Waals surface area (Å²) >= 11 is 0. The van der Waals surface area contributed by atoms with E-state index >= 15 is 0 Å². The molecule has 3 aromatic heterocycles. The topological polar surface area (TPSA) is 72.3 Å². The Hall–Kier alpha value is -3.11. The zero-order chi connectivity index (χ0) is 23.6. The van der Waals surface area contributed by atoms with Crippen LogP contribution in [-0.4, -0.2) is 49.8 Å². The summed E-state index contributed by atoms with van der Waals surface area (Å²) < 4.78 is 58.2. The first kappa shape index (κ1) is 21.4. The predicted molar refractivity (Wildman–Crippen MR) is 119 cm³/mol. The van der Waals surface area contributed by atoms with Crippen molar-refractivity contribution in [2.45, 2.75) is 43.4 Å². The van der Waals surface area contributed by atoms with Gasteiger partial charge in [0, 0.05) is 30.7 Å². The van der Waals surface area contributed by atoms with Gasteiger partial charge in [0.25, 0.3) is 0 Å². The maximum atomic E-state index is 14.4. The van der Waals surface area contributed by atoms with E-state index in [2.05, 4.69) is 15.2 Å². The second-order valence-corrected chi connectivity index (χ2v) is 9.24. The van der Waals surface area contributed by atoms with Crippen LogP contribution in [0.2, 0.25) is 0 Å². The maximum Gasteiger partial charge on any atom is 0.408 e. The first-order chi connectivity index (χ1) is 16.3. The third-order valence-corrected chi connectivity index (χ3v) is 6.73. The number of nitrogens with two attached hydrogens (primary N) is 1. The van der Waals surface area contributed by atoms with Gasteiger partial charge in [0.2, 0.25) is 0 Å². The Labute approximate surface area is 192 Å². The van der Waals surface area contributed by atoms with Crippen LogP contribution in [0, 0.1) is 5.82 Å². The van der Waals surface area contributed by atoms with E-state index in [0.29, 0.717) is 40.1 Å². The number of benzene rings is 1. The number of nitrogens with zero attached hydrogens (tertiary/aromatic N) is 5. The van der Waals surface area contributed by atoms with E-state index in [9.17, 15) is 17.6 Å². The van der Waals surface area contributed by atoms with Gasteiger partial charge in [-0.1, -0.05) is 12.1 Å². The van der Waals surface area contributed by atoms with Crippen molar-refractivity contribution in [2.24, 2.45) is 5.73 Å². The van der Waals surface area contributed by atoms with Gasteiger partial charge in [0.05, 0.1) is 5.52 Å². The predicted octanol–water partition coefficient (Wildman–Crippen LogP) is 4.60. The van der Waals surface area contributed by atoms with Crippen molar-refractivity contribution in [2.75, 3.05) is 13.1 Å². The summed E-state index contributed by atoms with van der Waals surface area (Å²) in [5.41, 5.74) is 8.12. The minimum absolute atomic E-state index is 0.0917. The first-order valence-corrected chi connectivity index (χ1v) is 11.3. The minimum Gasteiger partial charge on any atom is -0.326 e. The molecule has 0 bridgehead atoms. The lowest BCUT2D eigenvalue weighted by molar-refractivity contribution is -0.183. The van der Waals surface area contributed by atoms with Gasteiger partial charge in [0.15, 0.2) is 11.5 Å². The second-order valence-electron chi connectivity index (χ2n) is 9.24. The van der Waals surface area contributed by atoms with Gasteiger partial charge in [-0.15, -0.1) is 10.2 Å². The lowest BCUT2D eigenvalue weighted by Crippen LogP contribution is -2.38. The molecule has 1 aliphatic carbocycles. The zero-order valence-electron chi connectivity index (χ0n) is 18.1. The highest BCUT2D eigenvalue weighted by atomic mass is 19.4. The molecule has 0 radical (unpaired) electrons. The molecule has 2 fully saturated rings. The van der Waals surface area contributed by atoms with Crippen molar-refractivity contribution in [1.82, 2.24) is 24.5 Å². The van der Waals surface area contributed by atoms with Crippen LogP contribution in [0.4, 0.5) is 17.6 Å². The quantitative estimate of drug-likeness (QED) is 0.442. The van der Waals surface area contributed by atoms with Gasteiger partial charge in [-0.25, -0.2) is 9.37 Å². The first-order valence-electron chi connectivity index (χ1n) is 11.3. The van der Waals surface area contributed by atoms with Gasteiger partial charge in [-0.3, -0.25) is 9.30 Å². The Bertz CT molecular complexity index is 1390. The Morgan fingerprint density at radius 3 is 2.56 bits per heavy atom. The molecule has 10 heteroatoms. The van der Waals surface area contributed by atoms with Gasteiger partial charge < -0.3 is 5.73 Å². The van der Waals surface area contributed by atoms with E-state index in [1.54, 1.807) is 18.2 Å². The Morgan fingerprint density at radius 2 is 1.85 bits per heavy atom. The fraction of sp³-hybridized carbons (Fsp3) is 0.375. The van der Waals surface area contributed by atoms with Gasteiger partial charge in [0.1, 0.15) is 17.6 Å². The van der Waals surface area contributed by atoms with E-state index < -0.39 is 12.2 Å². The molecule has 2 aliphatic rings. The van der Waals surface area contributed by atoms with Crippen molar-refractivity contribution in [3.05, 3.63) is 59.5 Å². The lowest BCUT2D eigenvalue weighted by atomic mass is 10.1. The van der Waals surface area contributed by atoms with E-state index in [-0.39, 0.29) is 36.4 Å². The van der Waals surface area contributed by atoms with E-state index in [1.165, 1.54) is 33.7 Å². The summed E-state index contributed by atoms with van der Waals surface area (Å²) in [6.45, 7) is 0.466. The summed E-state index contributed by atoms with van der Waals surface area (Å²) in [7, 11) is 0. The number of rotatable bonds is 4. The number of fused-ring (bicyclic) bond motifs is 2. The Balaban J connectivity index is 1.44. The lowest BCUT2D eigenvalue weighted by Gasteiger charge is -2.30. The molecule has 176 valence electrons. The number of alkyl halides is 3. The molecule has 2 atom stereocenters. The van der Waals surface area contributed by atoms with Crippen molar-refractivity contribution >= 4 is 16.6 Å². The molecule has 34 heavy (non-hydrogen) atoms. The van der Waals surface area contributed by atoms with E-state index in [1.807, 2.05) is 0 Å². The van der Waals surface area contributed by atoms with Crippen LogP contribution in [0.15, 0.2) is 42.6 Å². The van der Waals surface area contributed by atoms with Gasteiger partial charge >= 0.3 is 6.18 Å². The molecule has 1 saturated heterocycles. The number of likely N-dealkylation sites (tertiary alicyclic amines) is 1. The molecule has 1 aromatic carbocycles. The summed E-state index contributed by atoms with van der Waals surface area (Å²) in [5, 5.41) is 8.96. The summed E-state index contributed by atoms with van der Waals surface area (Å²) in [6.07, 6.45) is -0.587. The fourth-order valence-corrected chi connectivity index (χ4v) is 4.89. The molecule has 1 aliphatic heterocycles. The molecule has 2 N–H and O–H groups in total. The molecule has 6 rings (SSSR count). The number of halogens is 4. The van der Waals surface area contributed by atoms with Crippen LogP contribution in [0.25, 0.3) is 28.1 Å². The summed E-state index contributed by atoms with van der Waals surface area (Å²) in [5.74, 6) is 0.321. The van der Waals surface area contributed by atoms with Crippen molar-refractivity contribution in [3.63, 3.8) is 0 Å². The average Bonchev–Trinajstić information content (AvgIpc) is 3.41. The van der Waals surface area contributed by atoms with Crippen LogP contribution >= 0.6 is 0 Å². The number of aromatic nitrogens is 4. The number of hydrogen-bond acceptors (Lipinski definition) is 5. The Kier molecular flexibility index (Phi) is 4.86. The SMILES string of the molecule is NC1CCN([C@H](c2ccc3nnc(-c4ccc5cc(F)c(C6CC6)cc5n4)n3c2)C(F)(F)F)C1. The number of pyridine rings is 2. The van der Waals surface area contributed by atoms with E-state index in [4.69, 9.17) is 5.73 Å². The maximum absolute atomic E-state index is 14.4. The third kappa shape index (κ3) is 3.70. The molecule has 1 unspecified atom stereocenters. The highest BCUT2D eigenvalue weighted by Gasteiger charge is 2.46. The normalized spacial score (nSPS) is 20.4. The molecule has 1 saturated carbocycles. The van der Waals surface area contributed by atoms with Crippen LogP contribution < -0.4 is 5.73 Å². The average molecular weight is 470 g/mol. The van der Waals surface area contributed by atoms with Gasteiger partial charge in [-0.05, 0) is 60.6 Å². The summed E-state index contributed by atoms with van der Waals surface area (Å²) in [6, 6.07) is 7.59. The fourth-order valence-electron chi connectivity index (χ4n) is 4.89. The monoisotopic (exact) mass is 470 g/mol. The van der Waals surface area contributed by atoms with Crippen LogP contribution in [0.3, 0.4) is 0 Å². The highest BCUT2D eigenvalue weighted by molar-refractivity contribution is 5.82. The molecule has 0 amide bonds.